The second-order valence-corrected chi connectivity index (χ2v) is 5.91. The molecule has 0 atom stereocenters. The molecule has 0 unspecified atom stereocenters. The molecule has 124 valence electrons. The molecule has 8 heteroatoms. The highest BCUT2D eigenvalue weighted by Crippen LogP contribution is 2.35. The van der Waals surface area contributed by atoms with Crippen LogP contribution in [0.5, 0.6) is 0 Å². The number of hydrogen-bond donors (Lipinski definition) is 0. The fraction of sp³-hybridized carbons (Fsp3) is 0.467. The van der Waals surface area contributed by atoms with Gasteiger partial charge in [-0.1, -0.05) is 17.7 Å². The van der Waals surface area contributed by atoms with Gasteiger partial charge in [-0.3, -0.25) is 0 Å². The van der Waals surface area contributed by atoms with Crippen LogP contribution in [0.25, 0.3) is 0 Å². The molecule has 3 rings (SSSR count). The lowest BCUT2D eigenvalue weighted by molar-refractivity contribution is -0.137. The quantitative estimate of drug-likeness (QED) is 0.847. The zero-order valence-corrected chi connectivity index (χ0v) is 12.9. The van der Waals surface area contributed by atoms with Crippen molar-refractivity contribution in [1.82, 2.24) is 14.8 Å². The van der Waals surface area contributed by atoms with E-state index in [0.29, 0.717) is 25.3 Å². The average molecular weight is 346 g/mol. The predicted octanol–water partition coefficient (Wildman–Crippen LogP) is 3.89. The van der Waals surface area contributed by atoms with E-state index in [-0.39, 0.29) is 10.9 Å². The molecule has 0 saturated carbocycles. The number of halogens is 4. The van der Waals surface area contributed by atoms with Crippen LogP contribution in [0.1, 0.15) is 35.7 Å². The number of nitrogens with zero attached hydrogens (tertiary/aromatic N) is 3. The van der Waals surface area contributed by atoms with Crippen LogP contribution in [0.3, 0.4) is 0 Å². The standard InChI is InChI=1S/C15H15ClF3N3O/c16-13-7-10(1-2-12(13)15(17,18)19)8-22-9-20-14(21-22)11-3-5-23-6-4-11/h1-2,7,9,11H,3-6,8H2. The van der Waals surface area contributed by atoms with Crippen LogP contribution in [-0.4, -0.2) is 28.0 Å². The highest BCUT2D eigenvalue weighted by Gasteiger charge is 2.33. The van der Waals surface area contributed by atoms with Crippen molar-refractivity contribution in [2.75, 3.05) is 13.2 Å². The Kier molecular flexibility index (Phi) is 4.59. The number of alkyl halides is 3. The monoisotopic (exact) mass is 345 g/mol. The zero-order chi connectivity index (χ0) is 16.4. The first kappa shape index (κ1) is 16.3. The van der Waals surface area contributed by atoms with E-state index < -0.39 is 11.7 Å². The van der Waals surface area contributed by atoms with Gasteiger partial charge in [-0.25, -0.2) is 9.67 Å². The third-order valence-electron chi connectivity index (χ3n) is 3.82. The van der Waals surface area contributed by atoms with E-state index in [1.165, 1.54) is 12.1 Å². The maximum atomic E-state index is 12.7. The van der Waals surface area contributed by atoms with Crippen LogP contribution in [-0.2, 0) is 17.5 Å². The molecule has 0 N–H and O–H groups in total. The maximum Gasteiger partial charge on any atom is 0.417 e. The third-order valence-corrected chi connectivity index (χ3v) is 4.14. The number of rotatable bonds is 3. The molecule has 0 bridgehead atoms. The Hall–Kier alpha value is -1.60. The lowest BCUT2D eigenvalue weighted by Crippen LogP contribution is -2.15. The van der Waals surface area contributed by atoms with Crippen LogP contribution in [0.2, 0.25) is 5.02 Å². The average Bonchev–Trinajstić information content (AvgIpc) is 2.95. The predicted molar refractivity (Wildman–Crippen MR) is 78.4 cm³/mol. The number of hydrogen-bond acceptors (Lipinski definition) is 3. The fourth-order valence-corrected chi connectivity index (χ4v) is 2.91. The van der Waals surface area contributed by atoms with Crippen LogP contribution in [0.4, 0.5) is 13.2 Å². The lowest BCUT2D eigenvalue weighted by Gasteiger charge is -2.18. The molecule has 23 heavy (non-hydrogen) atoms. The molecule has 0 spiro atoms. The zero-order valence-electron chi connectivity index (χ0n) is 12.2. The maximum absolute atomic E-state index is 12.7. The first-order chi connectivity index (χ1) is 10.9. The van der Waals surface area contributed by atoms with Gasteiger partial charge in [0, 0.05) is 19.1 Å². The molecule has 1 saturated heterocycles. The summed E-state index contributed by atoms with van der Waals surface area (Å²) >= 11 is 5.73. The summed E-state index contributed by atoms with van der Waals surface area (Å²) in [5.74, 6) is 1.03. The molecule has 1 fully saturated rings. The van der Waals surface area contributed by atoms with Crippen molar-refractivity contribution in [3.8, 4) is 0 Å². The van der Waals surface area contributed by atoms with E-state index in [2.05, 4.69) is 10.1 Å². The summed E-state index contributed by atoms with van der Waals surface area (Å²) in [6.45, 7) is 1.73. The Labute approximate surface area is 136 Å². The molecule has 0 amide bonds. The molecule has 1 aromatic carbocycles. The summed E-state index contributed by atoms with van der Waals surface area (Å²) in [4.78, 5) is 4.30. The lowest BCUT2D eigenvalue weighted by atomic mass is 10.00. The summed E-state index contributed by atoms with van der Waals surface area (Å²) in [7, 11) is 0. The van der Waals surface area contributed by atoms with Crippen LogP contribution < -0.4 is 0 Å². The van der Waals surface area contributed by atoms with Crippen LogP contribution in [0.15, 0.2) is 24.5 Å². The molecule has 2 aromatic rings. The van der Waals surface area contributed by atoms with E-state index in [1.54, 1.807) is 11.0 Å². The van der Waals surface area contributed by atoms with Gasteiger partial charge in [0.1, 0.15) is 6.33 Å². The molecule has 2 heterocycles. The van der Waals surface area contributed by atoms with Gasteiger partial charge in [-0.15, -0.1) is 0 Å². The van der Waals surface area contributed by atoms with Gasteiger partial charge in [-0.2, -0.15) is 18.3 Å². The second kappa shape index (κ2) is 6.49. The van der Waals surface area contributed by atoms with Gasteiger partial charge in [0.25, 0.3) is 0 Å². The molecule has 1 aliphatic rings. The van der Waals surface area contributed by atoms with Gasteiger partial charge in [0.2, 0.25) is 0 Å². The molecule has 4 nitrogen and oxygen atoms in total. The van der Waals surface area contributed by atoms with Crippen molar-refractivity contribution in [2.24, 2.45) is 0 Å². The van der Waals surface area contributed by atoms with Crippen molar-refractivity contribution >= 4 is 11.6 Å². The Bertz CT molecular complexity index is 681. The van der Waals surface area contributed by atoms with Crippen LogP contribution in [0, 0.1) is 0 Å². The van der Waals surface area contributed by atoms with Crippen LogP contribution >= 0.6 is 11.6 Å². The van der Waals surface area contributed by atoms with Crippen molar-refractivity contribution < 1.29 is 17.9 Å². The summed E-state index contributed by atoms with van der Waals surface area (Å²) in [6, 6.07) is 3.72. The van der Waals surface area contributed by atoms with E-state index in [4.69, 9.17) is 16.3 Å². The fourth-order valence-electron chi connectivity index (χ4n) is 2.60. The van der Waals surface area contributed by atoms with E-state index in [9.17, 15) is 13.2 Å². The third kappa shape index (κ3) is 3.84. The molecular formula is C15H15ClF3N3O. The van der Waals surface area contributed by atoms with Crippen molar-refractivity contribution in [3.63, 3.8) is 0 Å². The number of aromatic nitrogens is 3. The van der Waals surface area contributed by atoms with Gasteiger partial charge in [0.15, 0.2) is 5.82 Å². The minimum atomic E-state index is -4.45. The molecule has 1 aromatic heterocycles. The van der Waals surface area contributed by atoms with Gasteiger partial charge in [-0.05, 0) is 30.5 Å². The second-order valence-electron chi connectivity index (χ2n) is 5.50. The summed E-state index contributed by atoms with van der Waals surface area (Å²) in [6.07, 6.45) is -1.08. The molecular weight excluding hydrogens is 331 g/mol. The van der Waals surface area contributed by atoms with Gasteiger partial charge >= 0.3 is 6.18 Å². The van der Waals surface area contributed by atoms with Crippen molar-refractivity contribution in [3.05, 3.63) is 46.5 Å². The van der Waals surface area contributed by atoms with Gasteiger partial charge < -0.3 is 4.74 Å². The number of ether oxygens (including phenoxy) is 1. The van der Waals surface area contributed by atoms with E-state index >= 15 is 0 Å². The minimum Gasteiger partial charge on any atom is -0.381 e. The molecule has 0 radical (unpaired) electrons. The largest absolute Gasteiger partial charge is 0.417 e. The SMILES string of the molecule is FC(F)(F)c1ccc(Cn2cnc(C3CCOCC3)n2)cc1Cl. The Morgan fingerprint density at radius 1 is 1.26 bits per heavy atom. The highest BCUT2D eigenvalue weighted by molar-refractivity contribution is 6.31. The Morgan fingerprint density at radius 3 is 2.65 bits per heavy atom. The summed E-state index contributed by atoms with van der Waals surface area (Å²) < 4.78 is 45.0. The van der Waals surface area contributed by atoms with E-state index in [0.717, 1.165) is 24.7 Å². The highest BCUT2D eigenvalue weighted by atomic mass is 35.5. The van der Waals surface area contributed by atoms with Gasteiger partial charge in [0.05, 0.1) is 17.1 Å². The summed E-state index contributed by atoms with van der Waals surface area (Å²) in [5.41, 5.74) is -0.184. The summed E-state index contributed by atoms with van der Waals surface area (Å²) in [5, 5.41) is 4.11. The topological polar surface area (TPSA) is 39.9 Å². The van der Waals surface area contributed by atoms with Crippen molar-refractivity contribution in [1.29, 1.82) is 0 Å². The first-order valence-corrected chi connectivity index (χ1v) is 7.64. The number of benzene rings is 1. The van der Waals surface area contributed by atoms with Crippen molar-refractivity contribution in [2.45, 2.75) is 31.5 Å². The Balaban J connectivity index is 1.72. The minimum absolute atomic E-state index is 0.279. The molecule has 0 aliphatic carbocycles. The smallest absolute Gasteiger partial charge is 0.381 e. The Morgan fingerprint density at radius 2 is 2.00 bits per heavy atom. The molecule has 1 aliphatic heterocycles. The normalized spacial score (nSPS) is 16.7. The van der Waals surface area contributed by atoms with E-state index in [1.807, 2.05) is 0 Å². The first-order valence-electron chi connectivity index (χ1n) is 7.26.